The minimum absolute atomic E-state index is 0.324. The zero-order valence-electron chi connectivity index (χ0n) is 7.75. The molecule has 1 unspecified atom stereocenters. The fourth-order valence-electron chi connectivity index (χ4n) is 1.36. The summed E-state index contributed by atoms with van der Waals surface area (Å²) in [5.74, 6) is 2.76. The lowest BCUT2D eigenvalue weighted by Gasteiger charge is -2.11. The molecule has 0 saturated carbocycles. The fourth-order valence-corrected chi connectivity index (χ4v) is 2.58. The van der Waals surface area contributed by atoms with E-state index < -0.39 is 0 Å². The number of aliphatic hydroxyl groups is 1. The highest BCUT2D eigenvalue weighted by atomic mass is 32.2. The van der Waals surface area contributed by atoms with E-state index in [1.165, 1.54) is 25.1 Å². The van der Waals surface area contributed by atoms with E-state index in [1.54, 1.807) is 0 Å². The maximum absolute atomic E-state index is 8.80. The van der Waals surface area contributed by atoms with Gasteiger partial charge in [-0.15, -0.1) is 0 Å². The molecule has 1 rings (SSSR count). The molecule has 0 spiro atoms. The highest BCUT2D eigenvalue weighted by molar-refractivity contribution is 7.99. The topological polar surface area (TPSA) is 32.3 Å². The van der Waals surface area contributed by atoms with Gasteiger partial charge < -0.3 is 10.4 Å². The second-order valence-corrected chi connectivity index (χ2v) is 4.69. The Kier molecular flexibility index (Phi) is 5.04. The van der Waals surface area contributed by atoms with Crippen molar-refractivity contribution in [1.82, 2.24) is 5.32 Å². The number of hydrogen-bond donors (Lipinski definition) is 2. The number of thioether (sulfide) groups is 1. The molecule has 2 nitrogen and oxygen atoms in total. The van der Waals surface area contributed by atoms with Crippen molar-refractivity contribution in [2.45, 2.75) is 25.8 Å². The van der Waals surface area contributed by atoms with Crippen molar-refractivity contribution >= 4 is 11.8 Å². The van der Waals surface area contributed by atoms with Gasteiger partial charge >= 0.3 is 0 Å². The van der Waals surface area contributed by atoms with Crippen LogP contribution in [0, 0.1) is 5.92 Å². The first kappa shape index (κ1) is 10.4. The first-order chi connectivity index (χ1) is 5.83. The van der Waals surface area contributed by atoms with E-state index in [0.717, 1.165) is 11.8 Å². The van der Waals surface area contributed by atoms with E-state index in [9.17, 15) is 0 Å². The Morgan fingerprint density at radius 3 is 3.08 bits per heavy atom. The molecule has 1 aliphatic rings. The molecule has 0 aliphatic carbocycles. The van der Waals surface area contributed by atoms with Gasteiger partial charge in [0.1, 0.15) is 0 Å². The van der Waals surface area contributed by atoms with Gasteiger partial charge in [0.25, 0.3) is 0 Å². The molecule has 0 radical (unpaired) electrons. The normalized spacial score (nSPS) is 26.0. The Bertz CT molecular complexity index is 115. The summed E-state index contributed by atoms with van der Waals surface area (Å²) < 4.78 is 0. The lowest BCUT2D eigenvalue weighted by Crippen LogP contribution is -2.24. The number of rotatable bonds is 5. The summed E-state index contributed by atoms with van der Waals surface area (Å²) in [6, 6.07) is 0.737. The minimum Gasteiger partial charge on any atom is -0.396 e. The maximum Gasteiger partial charge on any atom is 0.0464 e. The van der Waals surface area contributed by atoms with Crippen molar-refractivity contribution in [3.05, 3.63) is 0 Å². The smallest absolute Gasteiger partial charge is 0.0464 e. The molecule has 1 saturated heterocycles. The Hall–Kier alpha value is 0.270. The molecular formula is C9H19NOS. The van der Waals surface area contributed by atoms with Crippen LogP contribution in [0.2, 0.25) is 0 Å². The van der Waals surface area contributed by atoms with Crippen LogP contribution in [0.4, 0.5) is 0 Å². The zero-order chi connectivity index (χ0) is 8.81. The van der Waals surface area contributed by atoms with Gasteiger partial charge in [-0.05, 0) is 31.1 Å². The first-order valence-corrected chi connectivity index (χ1v) is 5.90. The van der Waals surface area contributed by atoms with E-state index >= 15 is 0 Å². The van der Waals surface area contributed by atoms with E-state index in [0.29, 0.717) is 12.5 Å². The van der Waals surface area contributed by atoms with Crippen LogP contribution < -0.4 is 5.32 Å². The third kappa shape index (κ3) is 3.78. The molecule has 0 aromatic heterocycles. The van der Waals surface area contributed by atoms with Crippen LogP contribution in [0.25, 0.3) is 0 Å². The average Bonchev–Trinajstić information content (AvgIpc) is 2.57. The molecule has 2 atom stereocenters. The van der Waals surface area contributed by atoms with Gasteiger partial charge in [-0.1, -0.05) is 6.92 Å². The van der Waals surface area contributed by atoms with Gasteiger partial charge in [0.2, 0.25) is 0 Å². The molecule has 1 fully saturated rings. The van der Waals surface area contributed by atoms with Gasteiger partial charge in [-0.2, -0.15) is 11.8 Å². The summed E-state index contributed by atoms with van der Waals surface area (Å²) in [5.41, 5.74) is 0. The highest BCUT2D eigenvalue weighted by Crippen LogP contribution is 2.14. The van der Waals surface area contributed by atoms with Crippen molar-refractivity contribution in [2.75, 3.05) is 24.7 Å². The molecule has 0 amide bonds. The van der Waals surface area contributed by atoms with Crippen molar-refractivity contribution < 1.29 is 5.11 Å². The van der Waals surface area contributed by atoms with Crippen LogP contribution in [0.15, 0.2) is 0 Å². The average molecular weight is 189 g/mol. The van der Waals surface area contributed by atoms with Crippen molar-refractivity contribution in [2.24, 2.45) is 5.92 Å². The highest BCUT2D eigenvalue weighted by Gasteiger charge is 2.13. The fraction of sp³-hybridized carbons (Fsp3) is 1.00. The van der Waals surface area contributed by atoms with Crippen LogP contribution >= 0.6 is 11.8 Å². The Balaban J connectivity index is 1.94. The number of nitrogens with one attached hydrogen (secondary N) is 1. The van der Waals surface area contributed by atoms with Gasteiger partial charge in [0.15, 0.2) is 0 Å². The van der Waals surface area contributed by atoms with Crippen LogP contribution in [0.3, 0.4) is 0 Å². The summed E-state index contributed by atoms with van der Waals surface area (Å²) in [5, 5.41) is 12.3. The van der Waals surface area contributed by atoms with E-state index in [4.69, 9.17) is 5.11 Å². The lowest BCUT2D eigenvalue weighted by atomic mass is 10.2. The largest absolute Gasteiger partial charge is 0.396 e. The first-order valence-electron chi connectivity index (χ1n) is 4.75. The van der Waals surface area contributed by atoms with Gasteiger partial charge in [0.05, 0.1) is 0 Å². The molecule has 2 N–H and O–H groups in total. The standard InChI is InChI=1S/C9H19NOS/c1-8(5-11)6-12-7-9-3-2-4-10-9/h8-11H,2-7H2,1H3/t8?,9-/m1/s1. The minimum atomic E-state index is 0.324. The summed E-state index contributed by atoms with van der Waals surface area (Å²) in [4.78, 5) is 0. The predicted molar refractivity (Wildman–Crippen MR) is 54.6 cm³/mol. The van der Waals surface area contributed by atoms with Crippen molar-refractivity contribution in [1.29, 1.82) is 0 Å². The Morgan fingerprint density at radius 2 is 2.50 bits per heavy atom. The molecule has 1 heterocycles. The van der Waals surface area contributed by atoms with E-state index in [-0.39, 0.29) is 0 Å². The Labute approximate surface area is 79.1 Å². The zero-order valence-corrected chi connectivity index (χ0v) is 8.57. The second kappa shape index (κ2) is 5.84. The summed E-state index contributed by atoms with van der Waals surface area (Å²) >= 11 is 1.96. The monoisotopic (exact) mass is 189 g/mol. The number of hydrogen-bond acceptors (Lipinski definition) is 3. The third-order valence-corrected chi connectivity index (χ3v) is 3.64. The van der Waals surface area contributed by atoms with Gasteiger partial charge in [0, 0.05) is 18.4 Å². The summed E-state index contributed by atoms with van der Waals surface area (Å²) in [6.45, 7) is 3.61. The van der Waals surface area contributed by atoms with Crippen molar-refractivity contribution in [3.8, 4) is 0 Å². The van der Waals surface area contributed by atoms with Crippen LogP contribution in [0.1, 0.15) is 19.8 Å². The molecule has 72 valence electrons. The third-order valence-electron chi connectivity index (χ3n) is 2.20. The molecule has 0 bridgehead atoms. The SMILES string of the molecule is CC(CO)CSC[C@H]1CCCN1. The summed E-state index contributed by atoms with van der Waals surface area (Å²) in [6.07, 6.45) is 2.67. The molecule has 3 heteroatoms. The van der Waals surface area contributed by atoms with E-state index in [2.05, 4.69) is 12.2 Å². The molecule has 0 aromatic rings. The van der Waals surface area contributed by atoms with E-state index in [1.807, 2.05) is 11.8 Å². The second-order valence-electron chi connectivity index (χ2n) is 3.62. The molecular weight excluding hydrogens is 170 g/mol. The van der Waals surface area contributed by atoms with Crippen LogP contribution in [-0.4, -0.2) is 35.8 Å². The van der Waals surface area contributed by atoms with Gasteiger partial charge in [-0.3, -0.25) is 0 Å². The maximum atomic E-state index is 8.80. The molecule has 1 aliphatic heterocycles. The van der Waals surface area contributed by atoms with Crippen molar-refractivity contribution in [3.63, 3.8) is 0 Å². The van der Waals surface area contributed by atoms with Crippen LogP contribution in [0.5, 0.6) is 0 Å². The lowest BCUT2D eigenvalue weighted by molar-refractivity contribution is 0.250. The Morgan fingerprint density at radius 1 is 1.67 bits per heavy atom. The summed E-state index contributed by atoms with van der Waals surface area (Å²) in [7, 11) is 0. The molecule has 12 heavy (non-hydrogen) atoms. The van der Waals surface area contributed by atoms with Crippen LogP contribution in [-0.2, 0) is 0 Å². The van der Waals surface area contributed by atoms with Gasteiger partial charge in [-0.25, -0.2) is 0 Å². The number of aliphatic hydroxyl groups excluding tert-OH is 1. The molecule has 0 aromatic carbocycles. The predicted octanol–water partition coefficient (Wildman–Crippen LogP) is 1.10. The quantitative estimate of drug-likeness (QED) is 0.679.